The van der Waals surface area contributed by atoms with Crippen molar-refractivity contribution < 1.29 is 0 Å². The van der Waals surface area contributed by atoms with E-state index in [1.54, 1.807) is 0 Å². The number of piperidine rings is 1. The Hall–Kier alpha value is -0.760. The predicted octanol–water partition coefficient (Wildman–Crippen LogP) is 4.03. The third kappa shape index (κ3) is 2.43. The molecular formula is C15H17BrClN3. The lowest BCUT2D eigenvalue weighted by atomic mass is 9.86. The van der Waals surface area contributed by atoms with E-state index in [1.165, 1.54) is 12.8 Å². The number of fused-ring (bicyclic) bond motifs is 1. The summed E-state index contributed by atoms with van der Waals surface area (Å²) in [5, 5.41) is 13.9. The Kier molecular flexibility index (Phi) is 3.94. The van der Waals surface area contributed by atoms with E-state index in [-0.39, 0.29) is 0 Å². The molecule has 0 saturated carbocycles. The van der Waals surface area contributed by atoms with Crippen molar-refractivity contribution in [2.75, 3.05) is 18.4 Å². The Morgan fingerprint density at radius 1 is 1.40 bits per heavy atom. The maximum atomic E-state index is 9.76. The number of hydrogen-bond acceptors (Lipinski definition) is 3. The van der Waals surface area contributed by atoms with E-state index in [0.29, 0.717) is 11.1 Å². The van der Waals surface area contributed by atoms with Gasteiger partial charge in [0.05, 0.1) is 11.1 Å². The van der Waals surface area contributed by atoms with Gasteiger partial charge in [-0.25, -0.2) is 0 Å². The Labute approximate surface area is 133 Å². The third-order valence-electron chi connectivity index (χ3n) is 4.46. The first-order valence-corrected chi connectivity index (χ1v) is 8.20. The van der Waals surface area contributed by atoms with Crippen LogP contribution in [0.15, 0.2) is 22.7 Å². The van der Waals surface area contributed by atoms with Gasteiger partial charge < -0.3 is 5.32 Å². The van der Waals surface area contributed by atoms with E-state index in [1.807, 2.05) is 18.2 Å². The average Bonchev–Trinajstić information content (AvgIpc) is 2.83. The molecule has 2 aliphatic heterocycles. The number of hydrogen-bond donors (Lipinski definition) is 1. The van der Waals surface area contributed by atoms with Gasteiger partial charge in [-0.05, 0) is 59.9 Å². The molecule has 1 aromatic rings. The Morgan fingerprint density at radius 2 is 2.25 bits per heavy atom. The Morgan fingerprint density at radius 3 is 3.00 bits per heavy atom. The van der Waals surface area contributed by atoms with Crippen molar-refractivity contribution in [2.24, 2.45) is 0 Å². The molecule has 106 valence electrons. The molecule has 0 aromatic heterocycles. The molecule has 2 saturated heterocycles. The van der Waals surface area contributed by atoms with Crippen LogP contribution in [-0.2, 0) is 0 Å². The quantitative estimate of drug-likeness (QED) is 0.871. The fourth-order valence-electron chi connectivity index (χ4n) is 3.44. The van der Waals surface area contributed by atoms with Crippen LogP contribution in [-0.4, -0.2) is 29.6 Å². The minimum Gasteiger partial charge on any atom is -0.366 e. The molecule has 2 aliphatic rings. The zero-order valence-corrected chi connectivity index (χ0v) is 13.5. The molecule has 0 aliphatic carbocycles. The summed E-state index contributed by atoms with van der Waals surface area (Å²) in [6, 6.07) is 8.63. The van der Waals surface area contributed by atoms with Crippen LogP contribution in [0.3, 0.4) is 0 Å². The molecule has 2 atom stereocenters. The van der Waals surface area contributed by atoms with Crippen LogP contribution in [0.1, 0.15) is 25.7 Å². The lowest BCUT2D eigenvalue weighted by Crippen LogP contribution is -2.50. The van der Waals surface area contributed by atoms with E-state index < -0.39 is 5.54 Å². The molecule has 0 radical (unpaired) electrons. The highest BCUT2D eigenvalue weighted by molar-refractivity contribution is 9.10. The topological polar surface area (TPSA) is 39.1 Å². The van der Waals surface area contributed by atoms with Gasteiger partial charge in [0.15, 0.2) is 0 Å². The van der Waals surface area contributed by atoms with Crippen LogP contribution in [0.4, 0.5) is 5.69 Å². The van der Waals surface area contributed by atoms with Gasteiger partial charge in [0, 0.05) is 22.7 Å². The molecule has 2 unspecified atom stereocenters. The van der Waals surface area contributed by atoms with Crippen LogP contribution in [0.2, 0.25) is 5.02 Å². The normalized spacial score (nSPS) is 29.8. The van der Waals surface area contributed by atoms with E-state index >= 15 is 0 Å². The first kappa shape index (κ1) is 14.2. The first-order chi connectivity index (χ1) is 9.64. The average molecular weight is 355 g/mol. The van der Waals surface area contributed by atoms with Crippen molar-refractivity contribution in [2.45, 2.75) is 37.3 Å². The van der Waals surface area contributed by atoms with E-state index in [4.69, 9.17) is 11.6 Å². The molecule has 20 heavy (non-hydrogen) atoms. The number of halogens is 2. The van der Waals surface area contributed by atoms with Gasteiger partial charge in [-0.3, -0.25) is 4.90 Å². The smallest absolute Gasteiger partial charge is 0.142 e. The van der Waals surface area contributed by atoms with Crippen molar-refractivity contribution in [1.82, 2.24) is 4.90 Å². The summed E-state index contributed by atoms with van der Waals surface area (Å²) in [5.74, 6) is 0. The zero-order valence-electron chi connectivity index (χ0n) is 11.2. The maximum Gasteiger partial charge on any atom is 0.142 e. The molecule has 5 heteroatoms. The summed E-state index contributed by atoms with van der Waals surface area (Å²) in [6.45, 7) is 2.14. The summed E-state index contributed by atoms with van der Waals surface area (Å²) in [4.78, 5) is 2.46. The monoisotopic (exact) mass is 353 g/mol. The van der Waals surface area contributed by atoms with Gasteiger partial charge in [0.1, 0.15) is 5.54 Å². The van der Waals surface area contributed by atoms with E-state index in [2.05, 4.69) is 32.2 Å². The fraction of sp³-hybridized carbons (Fsp3) is 0.533. The highest BCUT2D eigenvalue weighted by Gasteiger charge is 2.48. The number of nitrogens with zero attached hydrogens (tertiary/aromatic N) is 2. The van der Waals surface area contributed by atoms with E-state index in [0.717, 1.165) is 36.1 Å². The van der Waals surface area contributed by atoms with Crippen molar-refractivity contribution >= 4 is 33.2 Å². The molecule has 0 bridgehead atoms. The molecule has 2 fully saturated rings. The van der Waals surface area contributed by atoms with Crippen LogP contribution in [0.25, 0.3) is 0 Å². The summed E-state index contributed by atoms with van der Waals surface area (Å²) < 4.78 is 0.857. The van der Waals surface area contributed by atoms with Crippen LogP contribution in [0.5, 0.6) is 0 Å². The lowest BCUT2D eigenvalue weighted by molar-refractivity contribution is 0.180. The minimum atomic E-state index is -0.465. The van der Waals surface area contributed by atoms with Gasteiger partial charge in [-0.15, -0.1) is 0 Å². The van der Waals surface area contributed by atoms with Gasteiger partial charge in [0.25, 0.3) is 0 Å². The molecule has 1 N–H and O–H groups in total. The second-order valence-corrected chi connectivity index (χ2v) is 6.90. The second-order valence-electron chi connectivity index (χ2n) is 5.63. The van der Waals surface area contributed by atoms with Crippen molar-refractivity contribution in [3.8, 4) is 6.07 Å². The van der Waals surface area contributed by atoms with Gasteiger partial charge >= 0.3 is 0 Å². The van der Waals surface area contributed by atoms with Crippen molar-refractivity contribution in [1.29, 1.82) is 5.26 Å². The summed E-state index contributed by atoms with van der Waals surface area (Å²) in [6.07, 6.45) is 4.46. The van der Waals surface area contributed by atoms with Crippen LogP contribution >= 0.6 is 27.5 Å². The summed E-state index contributed by atoms with van der Waals surface area (Å²) in [5.41, 5.74) is 0.489. The lowest BCUT2D eigenvalue weighted by Gasteiger charge is -2.37. The molecular weight excluding hydrogens is 338 g/mol. The number of rotatable bonds is 2. The van der Waals surface area contributed by atoms with Crippen LogP contribution in [0, 0.1) is 11.3 Å². The Balaban J connectivity index is 1.86. The largest absolute Gasteiger partial charge is 0.366 e. The van der Waals surface area contributed by atoms with Crippen molar-refractivity contribution in [3.05, 3.63) is 27.7 Å². The highest BCUT2D eigenvalue weighted by atomic mass is 79.9. The third-order valence-corrected chi connectivity index (χ3v) is 5.68. The molecule has 3 rings (SSSR count). The minimum absolute atomic E-state index is 0.329. The SMILES string of the molecule is N#CC1(Nc2ccc(Cl)c(Br)c2)CCN2CCCCC21. The summed E-state index contributed by atoms with van der Waals surface area (Å²) in [7, 11) is 0. The molecule has 1 aromatic carbocycles. The van der Waals surface area contributed by atoms with Crippen molar-refractivity contribution in [3.63, 3.8) is 0 Å². The number of anilines is 1. The highest BCUT2D eigenvalue weighted by Crippen LogP contribution is 2.38. The second kappa shape index (κ2) is 5.55. The fourth-order valence-corrected chi connectivity index (χ4v) is 3.94. The van der Waals surface area contributed by atoms with Crippen LogP contribution < -0.4 is 5.32 Å². The Bertz CT molecular complexity index is 557. The first-order valence-electron chi connectivity index (χ1n) is 7.03. The van der Waals surface area contributed by atoms with Gasteiger partial charge in [0.2, 0.25) is 0 Å². The van der Waals surface area contributed by atoms with Gasteiger partial charge in [-0.2, -0.15) is 5.26 Å². The summed E-state index contributed by atoms with van der Waals surface area (Å²) >= 11 is 9.47. The molecule has 0 spiro atoms. The molecule has 3 nitrogen and oxygen atoms in total. The molecule has 2 heterocycles. The standard InChI is InChI=1S/C15H17BrClN3/c16-12-9-11(4-5-13(12)17)19-15(10-18)6-8-20-7-2-1-3-14(15)20/h4-5,9,14,19H,1-3,6-8H2. The number of nitriles is 1. The predicted molar refractivity (Wildman–Crippen MR) is 84.9 cm³/mol. The number of benzene rings is 1. The van der Waals surface area contributed by atoms with Gasteiger partial charge in [-0.1, -0.05) is 18.0 Å². The zero-order chi connectivity index (χ0) is 14.2. The number of nitrogens with one attached hydrogen (secondary N) is 1. The molecule has 0 amide bonds. The maximum absolute atomic E-state index is 9.76. The van der Waals surface area contributed by atoms with E-state index in [9.17, 15) is 5.26 Å².